The van der Waals surface area contributed by atoms with Gasteiger partial charge < -0.3 is 0 Å². The van der Waals surface area contributed by atoms with Crippen LogP contribution in [-0.4, -0.2) is 11.0 Å². The van der Waals surface area contributed by atoms with Crippen molar-refractivity contribution in [2.24, 2.45) is 10.5 Å². The van der Waals surface area contributed by atoms with E-state index in [-0.39, 0.29) is 15.0 Å². The highest BCUT2D eigenvalue weighted by Crippen LogP contribution is 2.35. The van der Waals surface area contributed by atoms with Crippen LogP contribution in [0.4, 0.5) is 4.39 Å². The number of hydrogen-bond donors (Lipinski definition) is 0. The van der Waals surface area contributed by atoms with Gasteiger partial charge >= 0.3 is 0 Å². The van der Waals surface area contributed by atoms with Gasteiger partial charge in [-0.2, -0.15) is 0 Å². The van der Waals surface area contributed by atoms with Crippen LogP contribution in [0.3, 0.4) is 0 Å². The Bertz CT molecular complexity index is 622. The first kappa shape index (κ1) is 16.5. The molecule has 0 aliphatic carbocycles. The summed E-state index contributed by atoms with van der Waals surface area (Å²) in [6.07, 6.45) is 0. The van der Waals surface area contributed by atoms with Gasteiger partial charge in [0, 0.05) is 15.2 Å². The highest BCUT2D eigenvalue weighted by Gasteiger charge is 2.24. The number of nitrogens with zero attached hydrogens (tertiary/aromatic N) is 3. The van der Waals surface area contributed by atoms with E-state index in [0.717, 1.165) is 23.9 Å². The Morgan fingerprint density at radius 2 is 2.00 bits per heavy atom. The Morgan fingerprint density at radius 3 is 2.50 bits per heavy atom. The topological polar surface area (TPSA) is 82.9 Å². The van der Waals surface area contributed by atoms with Crippen molar-refractivity contribution in [2.75, 3.05) is 0 Å². The molecule has 20 heavy (non-hydrogen) atoms. The molecule has 0 spiro atoms. The highest BCUT2D eigenvalue weighted by atomic mass is 35.5. The van der Waals surface area contributed by atoms with Crippen LogP contribution in [-0.2, 0) is 4.79 Å². The minimum absolute atomic E-state index is 0.0163. The van der Waals surface area contributed by atoms with Crippen LogP contribution in [0, 0.1) is 11.2 Å². The fraction of sp³-hybridized carbons (Fsp3) is 0.333. The van der Waals surface area contributed by atoms with Crippen molar-refractivity contribution in [2.45, 2.75) is 25.7 Å². The van der Waals surface area contributed by atoms with E-state index in [1.165, 1.54) is 0 Å². The normalized spacial score (nSPS) is 10.8. The average molecular weight is 316 g/mol. The molecule has 0 radical (unpaired) electrons. The van der Waals surface area contributed by atoms with E-state index in [2.05, 4.69) is 10.0 Å². The highest BCUT2D eigenvalue weighted by molar-refractivity contribution is 8.13. The maximum Gasteiger partial charge on any atom is 0.252 e. The van der Waals surface area contributed by atoms with Crippen molar-refractivity contribution in [1.29, 1.82) is 0 Å². The zero-order chi connectivity index (χ0) is 15.5. The maximum absolute atomic E-state index is 13.6. The molecule has 0 aliphatic rings. The minimum Gasteiger partial charge on any atom is -0.287 e. The quantitative estimate of drug-likeness (QED) is 0.346. The number of carbonyl (C=O) groups excluding carboxylic acids is 2. The van der Waals surface area contributed by atoms with Crippen molar-refractivity contribution in [3.63, 3.8) is 0 Å². The Hall–Kier alpha value is -1.56. The molecule has 0 bridgehead atoms. The van der Waals surface area contributed by atoms with Gasteiger partial charge in [0.1, 0.15) is 5.82 Å². The second-order valence-electron chi connectivity index (χ2n) is 4.90. The van der Waals surface area contributed by atoms with Crippen molar-refractivity contribution >= 4 is 34.4 Å². The summed E-state index contributed by atoms with van der Waals surface area (Å²) in [5, 5.41) is 2.65. The summed E-state index contributed by atoms with van der Waals surface area (Å²) in [6, 6.07) is 2.03. The van der Waals surface area contributed by atoms with Gasteiger partial charge in [-0.05, 0) is 34.5 Å². The standard InChI is InChI=1S/C12H11ClFN3O2S/c1-12(2,3)11(19)20-9-4-6(10(18)16-17-15)8(14)5-7(9)13/h4-5H,1-3H3. The number of azide groups is 1. The lowest BCUT2D eigenvalue weighted by Crippen LogP contribution is -2.16. The fourth-order valence-electron chi connectivity index (χ4n) is 1.12. The summed E-state index contributed by atoms with van der Waals surface area (Å²) >= 11 is 6.66. The number of amides is 1. The number of halogens is 2. The molecule has 0 atom stereocenters. The predicted octanol–water partition coefficient (Wildman–Crippen LogP) is 4.59. The molecule has 0 heterocycles. The van der Waals surface area contributed by atoms with Gasteiger partial charge in [0.05, 0.1) is 10.6 Å². The summed E-state index contributed by atoms with van der Waals surface area (Å²) in [5.74, 6) is -1.97. The van der Waals surface area contributed by atoms with E-state index >= 15 is 0 Å². The average Bonchev–Trinajstić information content (AvgIpc) is 2.31. The van der Waals surface area contributed by atoms with Crippen LogP contribution >= 0.6 is 23.4 Å². The van der Waals surface area contributed by atoms with Crippen molar-refractivity contribution in [1.82, 2.24) is 0 Å². The minimum atomic E-state index is -1.06. The number of carbonyl (C=O) groups is 2. The van der Waals surface area contributed by atoms with Crippen LogP contribution in [0.25, 0.3) is 10.4 Å². The van der Waals surface area contributed by atoms with Gasteiger partial charge in [0.15, 0.2) is 5.12 Å². The summed E-state index contributed by atoms with van der Waals surface area (Å²) in [5.41, 5.74) is 7.16. The first-order valence-corrected chi connectivity index (χ1v) is 6.67. The lowest BCUT2D eigenvalue weighted by Gasteiger charge is -2.16. The molecular weight excluding hydrogens is 305 g/mol. The molecule has 0 fully saturated rings. The van der Waals surface area contributed by atoms with E-state index in [4.69, 9.17) is 17.1 Å². The van der Waals surface area contributed by atoms with Crippen LogP contribution < -0.4 is 0 Å². The van der Waals surface area contributed by atoms with Crippen molar-refractivity contribution in [3.05, 3.63) is 39.0 Å². The van der Waals surface area contributed by atoms with E-state index < -0.39 is 22.7 Å². The Kier molecular flexibility index (Phi) is 5.16. The molecule has 1 rings (SSSR count). The van der Waals surface area contributed by atoms with Crippen LogP contribution in [0.1, 0.15) is 31.1 Å². The lowest BCUT2D eigenvalue weighted by molar-refractivity contribution is -0.117. The van der Waals surface area contributed by atoms with Gasteiger partial charge in [-0.3, -0.25) is 9.59 Å². The number of hydrogen-bond acceptors (Lipinski definition) is 3. The lowest BCUT2D eigenvalue weighted by atomic mass is 10.00. The van der Waals surface area contributed by atoms with Crippen LogP contribution in [0.5, 0.6) is 0 Å². The zero-order valence-electron chi connectivity index (χ0n) is 11.0. The van der Waals surface area contributed by atoms with Gasteiger partial charge in [0.2, 0.25) is 0 Å². The molecule has 1 aromatic rings. The van der Waals surface area contributed by atoms with Gasteiger partial charge in [-0.1, -0.05) is 32.4 Å². The van der Waals surface area contributed by atoms with Crippen molar-refractivity contribution < 1.29 is 14.0 Å². The van der Waals surface area contributed by atoms with Crippen LogP contribution in [0.2, 0.25) is 5.02 Å². The molecule has 0 saturated heterocycles. The number of rotatable bonds is 2. The smallest absolute Gasteiger partial charge is 0.252 e. The molecule has 0 saturated carbocycles. The van der Waals surface area contributed by atoms with E-state index in [1.54, 1.807) is 20.8 Å². The Labute approximate surface area is 124 Å². The molecule has 5 nitrogen and oxygen atoms in total. The van der Waals surface area contributed by atoms with Crippen LogP contribution in [0.15, 0.2) is 22.1 Å². The monoisotopic (exact) mass is 315 g/mol. The summed E-state index contributed by atoms with van der Waals surface area (Å²) in [4.78, 5) is 25.9. The molecular formula is C12H11ClFN3O2S. The zero-order valence-corrected chi connectivity index (χ0v) is 12.5. The van der Waals surface area contributed by atoms with Gasteiger partial charge in [0.25, 0.3) is 5.91 Å². The van der Waals surface area contributed by atoms with Gasteiger partial charge in [-0.25, -0.2) is 4.39 Å². The Morgan fingerprint density at radius 1 is 1.40 bits per heavy atom. The molecule has 1 amide bonds. The summed E-state index contributed by atoms with van der Waals surface area (Å²) < 4.78 is 13.6. The molecule has 0 N–H and O–H groups in total. The molecule has 8 heteroatoms. The molecule has 0 aromatic heterocycles. The molecule has 0 aliphatic heterocycles. The third-order valence-electron chi connectivity index (χ3n) is 2.20. The largest absolute Gasteiger partial charge is 0.287 e. The predicted molar refractivity (Wildman–Crippen MR) is 75.2 cm³/mol. The van der Waals surface area contributed by atoms with E-state index in [1.807, 2.05) is 0 Å². The van der Waals surface area contributed by atoms with Crippen molar-refractivity contribution in [3.8, 4) is 0 Å². The van der Waals surface area contributed by atoms with Gasteiger partial charge in [-0.15, -0.1) is 0 Å². The number of thioether (sulfide) groups is 1. The maximum atomic E-state index is 13.6. The Balaban J connectivity index is 3.22. The SMILES string of the molecule is CC(C)(C)C(=O)Sc1cc(C(=O)N=[N+]=[N-])c(F)cc1Cl. The van der Waals surface area contributed by atoms with E-state index in [9.17, 15) is 14.0 Å². The second kappa shape index (κ2) is 6.26. The van der Waals surface area contributed by atoms with E-state index in [0.29, 0.717) is 0 Å². The number of benzene rings is 1. The first-order valence-electron chi connectivity index (χ1n) is 5.47. The fourth-order valence-corrected chi connectivity index (χ4v) is 2.22. The summed E-state index contributed by atoms with van der Waals surface area (Å²) in [6.45, 7) is 5.18. The molecule has 0 unspecified atom stereocenters. The third kappa shape index (κ3) is 3.96. The molecule has 106 valence electrons. The summed E-state index contributed by atoms with van der Waals surface area (Å²) in [7, 11) is 0. The second-order valence-corrected chi connectivity index (χ2v) is 6.32. The first-order chi connectivity index (χ1) is 9.16. The molecule has 1 aromatic carbocycles. The third-order valence-corrected chi connectivity index (χ3v) is 3.98.